The Morgan fingerprint density at radius 2 is 1.88 bits per heavy atom. The lowest BCUT2D eigenvalue weighted by Gasteiger charge is -2.32. The van der Waals surface area contributed by atoms with Crippen LogP contribution in [0.25, 0.3) is 0 Å². The number of nitrogens with zero attached hydrogens (tertiary/aromatic N) is 2. The Balaban J connectivity index is 2.10. The Morgan fingerprint density at radius 1 is 1.24 bits per heavy atom. The number of hydrogen-bond donors (Lipinski definition) is 0. The number of amides is 2. The van der Waals surface area contributed by atoms with Crippen molar-refractivity contribution in [1.82, 2.24) is 9.80 Å². The van der Waals surface area contributed by atoms with Crippen LogP contribution < -0.4 is 0 Å². The van der Waals surface area contributed by atoms with Gasteiger partial charge >= 0.3 is 0 Å². The third kappa shape index (κ3) is 2.58. The molecule has 1 fully saturated rings. The number of hydrogen-bond acceptors (Lipinski definition) is 2. The van der Waals surface area contributed by atoms with E-state index in [0.29, 0.717) is 23.7 Å². The zero-order valence-corrected chi connectivity index (χ0v) is 10.3. The Labute approximate surface area is 105 Å². The largest absolute Gasteiger partial charge is 0.342 e. The van der Waals surface area contributed by atoms with Gasteiger partial charge < -0.3 is 9.80 Å². The van der Waals surface area contributed by atoms with Crippen LogP contribution in [0.2, 0.25) is 5.02 Å². The van der Waals surface area contributed by atoms with E-state index in [1.165, 1.54) is 0 Å². The van der Waals surface area contributed by atoms with Crippen LogP contribution in [0.5, 0.6) is 0 Å². The van der Waals surface area contributed by atoms with Gasteiger partial charge in [-0.2, -0.15) is 0 Å². The fraction of sp³-hybridized carbons (Fsp3) is 0.333. The lowest BCUT2D eigenvalue weighted by Crippen LogP contribution is -2.50. The maximum Gasteiger partial charge on any atom is 0.254 e. The summed E-state index contributed by atoms with van der Waals surface area (Å²) in [5.74, 6) is -0.151. The molecule has 1 aromatic rings. The molecule has 1 aliphatic heterocycles. The van der Waals surface area contributed by atoms with Crippen molar-refractivity contribution in [1.29, 1.82) is 0 Å². The highest BCUT2D eigenvalue weighted by Crippen LogP contribution is 2.13. The van der Waals surface area contributed by atoms with Crippen LogP contribution in [0.1, 0.15) is 10.4 Å². The predicted molar refractivity (Wildman–Crippen MR) is 65.0 cm³/mol. The van der Waals surface area contributed by atoms with Crippen LogP contribution in [0.15, 0.2) is 24.3 Å². The Kier molecular flexibility index (Phi) is 3.33. The van der Waals surface area contributed by atoms with E-state index in [4.69, 9.17) is 11.6 Å². The molecule has 0 aromatic heterocycles. The van der Waals surface area contributed by atoms with Crippen LogP contribution in [0.3, 0.4) is 0 Å². The van der Waals surface area contributed by atoms with Crippen molar-refractivity contribution < 1.29 is 9.59 Å². The van der Waals surface area contributed by atoms with E-state index in [0.717, 1.165) is 0 Å². The molecule has 0 spiro atoms. The van der Waals surface area contributed by atoms with Gasteiger partial charge in [-0.3, -0.25) is 9.59 Å². The average Bonchev–Trinajstić information content (AvgIpc) is 2.33. The third-order valence-electron chi connectivity index (χ3n) is 2.84. The minimum atomic E-state index is -0.122. The van der Waals surface area contributed by atoms with Gasteiger partial charge in [-0.15, -0.1) is 0 Å². The summed E-state index contributed by atoms with van der Waals surface area (Å²) in [5, 5.41) is 0.594. The van der Waals surface area contributed by atoms with Crippen molar-refractivity contribution >= 4 is 23.4 Å². The summed E-state index contributed by atoms with van der Waals surface area (Å²) in [4.78, 5) is 26.8. The van der Waals surface area contributed by atoms with Gasteiger partial charge in [0.15, 0.2) is 0 Å². The minimum absolute atomic E-state index is 0.0291. The summed E-state index contributed by atoms with van der Waals surface area (Å²) in [5.41, 5.74) is 0.562. The summed E-state index contributed by atoms with van der Waals surface area (Å²) in [7, 11) is 1.74. The van der Waals surface area contributed by atoms with E-state index in [1.54, 1.807) is 41.1 Å². The van der Waals surface area contributed by atoms with Gasteiger partial charge in [0, 0.05) is 30.7 Å². The molecule has 0 N–H and O–H groups in total. The van der Waals surface area contributed by atoms with E-state index in [1.807, 2.05) is 0 Å². The molecule has 17 heavy (non-hydrogen) atoms. The number of halogens is 1. The van der Waals surface area contributed by atoms with Crippen molar-refractivity contribution in [3.8, 4) is 0 Å². The molecular weight excluding hydrogens is 240 g/mol. The fourth-order valence-electron chi connectivity index (χ4n) is 1.71. The molecule has 1 saturated heterocycles. The van der Waals surface area contributed by atoms with E-state index in [9.17, 15) is 9.59 Å². The number of carbonyl (C=O) groups is 2. The van der Waals surface area contributed by atoms with Crippen LogP contribution in [0.4, 0.5) is 0 Å². The van der Waals surface area contributed by atoms with Crippen LogP contribution in [0, 0.1) is 0 Å². The highest BCUT2D eigenvalue weighted by atomic mass is 35.5. The van der Waals surface area contributed by atoms with Crippen molar-refractivity contribution in [3.63, 3.8) is 0 Å². The number of likely N-dealkylation sites (N-methyl/N-ethyl adjacent to an activating group) is 1. The molecule has 1 aromatic carbocycles. The normalized spacial score (nSPS) is 16.2. The molecular formula is C12H13ClN2O2. The van der Waals surface area contributed by atoms with Crippen molar-refractivity contribution in [2.24, 2.45) is 0 Å². The fourth-order valence-corrected chi connectivity index (χ4v) is 1.83. The van der Waals surface area contributed by atoms with Gasteiger partial charge in [0.05, 0.1) is 0 Å². The van der Waals surface area contributed by atoms with Gasteiger partial charge in [-0.05, 0) is 24.3 Å². The Morgan fingerprint density at radius 3 is 2.47 bits per heavy atom. The Bertz CT molecular complexity index is 444. The molecule has 4 nitrogen and oxygen atoms in total. The average molecular weight is 253 g/mol. The maximum atomic E-state index is 12.1. The zero-order chi connectivity index (χ0) is 12.4. The van der Waals surface area contributed by atoms with E-state index >= 15 is 0 Å². The third-order valence-corrected chi connectivity index (χ3v) is 3.09. The monoisotopic (exact) mass is 252 g/mol. The lowest BCUT2D eigenvalue weighted by atomic mass is 10.2. The topological polar surface area (TPSA) is 40.6 Å². The van der Waals surface area contributed by atoms with E-state index < -0.39 is 0 Å². The smallest absolute Gasteiger partial charge is 0.254 e. The second kappa shape index (κ2) is 4.75. The molecule has 1 heterocycles. The molecule has 5 heteroatoms. The molecule has 0 aliphatic carbocycles. The number of benzene rings is 1. The van der Waals surface area contributed by atoms with Gasteiger partial charge in [-0.1, -0.05) is 11.6 Å². The lowest BCUT2D eigenvalue weighted by molar-refractivity contribution is -0.133. The summed E-state index contributed by atoms with van der Waals surface area (Å²) >= 11 is 5.76. The molecule has 2 rings (SSSR count). The van der Waals surface area contributed by atoms with E-state index in [-0.39, 0.29) is 18.4 Å². The highest BCUT2D eigenvalue weighted by molar-refractivity contribution is 6.30. The minimum Gasteiger partial charge on any atom is -0.342 e. The molecule has 90 valence electrons. The van der Waals surface area contributed by atoms with Crippen LogP contribution >= 0.6 is 11.6 Å². The number of rotatable bonds is 1. The first-order valence-corrected chi connectivity index (χ1v) is 5.74. The summed E-state index contributed by atoms with van der Waals surface area (Å²) in [6.45, 7) is 1.31. The quantitative estimate of drug-likeness (QED) is 0.755. The molecule has 0 saturated carbocycles. The van der Waals surface area contributed by atoms with Gasteiger partial charge in [-0.25, -0.2) is 0 Å². The van der Waals surface area contributed by atoms with Crippen LogP contribution in [-0.2, 0) is 4.79 Å². The van der Waals surface area contributed by atoms with Gasteiger partial charge in [0.2, 0.25) is 5.91 Å². The van der Waals surface area contributed by atoms with Crippen LogP contribution in [-0.4, -0.2) is 48.3 Å². The first kappa shape index (κ1) is 11.9. The second-order valence-corrected chi connectivity index (χ2v) is 4.49. The maximum absolute atomic E-state index is 12.1. The van der Waals surface area contributed by atoms with Gasteiger partial charge in [0.1, 0.15) is 6.54 Å². The molecule has 0 unspecified atom stereocenters. The molecule has 0 atom stereocenters. The molecule has 0 radical (unpaired) electrons. The molecule has 2 amide bonds. The van der Waals surface area contributed by atoms with Crippen molar-refractivity contribution in [2.45, 2.75) is 0 Å². The Hall–Kier alpha value is -1.55. The van der Waals surface area contributed by atoms with E-state index in [2.05, 4.69) is 0 Å². The summed E-state index contributed by atoms with van der Waals surface area (Å²) in [6, 6.07) is 6.69. The molecule has 1 aliphatic rings. The predicted octanol–water partition coefficient (Wildman–Crippen LogP) is 1.25. The summed E-state index contributed by atoms with van der Waals surface area (Å²) < 4.78 is 0. The number of carbonyl (C=O) groups excluding carboxylic acids is 2. The first-order valence-electron chi connectivity index (χ1n) is 5.37. The zero-order valence-electron chi connectivity index (χ0n) is 9.52. The van der Waals surface area contributed by atoms with Crippen molar-refractivity contribution in [3.05, 3.63) is 34.9 Å². The number of piperazine rings is 1. The van der Waals surface area contributed by atoms with Crippen molar-refractivity contribution in [2.75, 3.05) is 26.7 Å². The highest BCUT2D eigenvalue weighted by Gasteiger charge is 2.25. The van der Waals surface area contributed by atoms with Gasteiger partial charge in [0.25, 0.3) is 5.91 Å². The SMILES string of the molecule is CN1CCN(C(=O)c2ccc(Cl)cc2)CC1=O. The molecule has 0 bridgehead atoms. The standard InChI is InChI=1S/C12H13ClN2O2/c1-14-6-7-15(8-11(14)16)12(17)9-2-4-10(13)5-3-9/h2-5H,6-8H2,1H3. The summed E-state index contributed by atoms with van der Waals surface area (Å²) in [6.07, 6.45) is 0. The first-order chi connectivity index (χ1) is 8.08. The second-order valence-electron chi connectivity index (χ2n) is 4.05.